The Morgan fingerprint density at radius 1 is 0.825 bits per heavy atom. The summed E-state index contributed by atoms with van der Waals surface area (Å²) in [6.07, 6.45) is 10.2. The van der Waals surface area contributed by atoms with E-state index < -0.39 is 29.9 Å². The summed E-state index contributed by atoms with van der Waals surface area (Å²) in [5, 5.41) is 31.0. The van der Waals surface area contributed by atoms with Gasteiger partial charge in [0.1, 0.15) is 12.2 Å². The van der Waals surface area contributed by atoms with Crippen LogP contribution >= 0.6 is 0 Å². The van der Waals surface area contributed by atoms with Gasteiger partial charge in [-0.1, -0.05) is 20.8 Å². The van der Waals surface area contributed by atoms with Crippen LogP contribution in [0.2, 0.25) is 0 Å². The Kier molecular flexibility index (Phi) is 5.63. The van der Waals surface area contributed by atoms with Crippen molar-refractivity contribution in [3.05, 3.63) is 0 Å². The molecule has 0 radical (unpaired) electrons. The van der Waals surface area contributed by atoms with E-state index in [0.29, 0.717) is 35.0 Å². The molecule has 8 aliphatic rings. The zero-order chi connectivity index (χ0) is 28.1. The molecule has 5 saturated carbocycles. The van der Waals surface area contributed by atoms with E-state index in [1.807, 2.05) is 13.8 Å². The second kappa shape index (κ2) is 8.25. The van der Waals surface area contributed by atoms with Crippen LogP contribution in [-0.4, -0.2) is 70.1 Å². The van der Waals surface area contributed by atoms with E-state index in [4.69, 9.17) is 18.9 Å². The molecular formula is C33H52O7. The van der Waals surface area contributed by atoms with Gasteiger partial charge in [-0.3, -0.25) is 0 Å². The number of aliphatic hydroxyl groups is 3. The molecule has 14 atom stereocenters. The van der Waals surface area contributed by atoms with E-state index in [9.17, 15) is 15.3 Å². The lowest BCUT2D eigenvalue weighted by atomic mass is 9.46. The van der Waals surface area contributed by atoms with Gasteiger partial charge in [-0.2, -0.15) is 0 Å². The van der Waals surface area contributed by atoms with Crippen molar-refractivity contribution < 1.29 is 34.3 Å². The number of hydrogen-bond acceptors (Lipinski definition) is 7. The van der Waals surface area contributed by atoms with Crippen molar-refractivity contribution >= 4 is 0 Å². The number of ether oxygens (including phenoxy) is 4. The average Bonchev–Trinajstić information content (AvgIpc) is 3.35. The van der Waals surface area contributed by atoms with Crippen molar-refractivity contribution in [2.24, 2.45) is 45.3 Å². The summed E-state index contributed by atoms with van der Waals surface area (Å²) in [5.41, 5.74) is 0.285. The molecule has 226 valence electrons. The minimum Gasteiger partial charge on any atom is -0.390 e. The van der Waals surface area contributed by atoms with Crippen molar-refractivity contribution in [2.75, 3.05) is 6.61 Å². The Labute approximate surface area is 239 Å². The summed E-state index contributed by atoms with van der Waals surface area (Å²) >= 11 is 0. The highest BCUT2D eigenvalue weighted by molar-refractivity contribution is 5.30. The fraction of sp³-hybridized carbons (Fsp3) is 1.00. The van der Waals surface area contributed by atoms with Gasteiger partial charge in [-0.15, -0.1) is 0 Å². The summed E-state index contributed by atoms with van der Waals surface area (Å²) < 4.78 is 26.1. The topological polar surface area (TPSA) is 97.6 Å². The molecular weight excluding hydrogens is 508 g/mol. The van der Waals surface area contributed by atoms with Crippen molar-refractivity contribution in [3.63, 3.8) is 0 Å². The second-order valence-electron chi connectivity index (χ2n) is 17.0. The van der Waals surface area contributed by atoms with Gasteiger partial charge in [0.15, 0.2) is 12.1 Å². The van der Waals surface area contributed by atoms with Crippen LogP contribution in [0.3, 0.4) is 0 Å². The van der Waals surface area contributed by atoms with Gasteiger partial charge in [0.2, 0.25) is 0 Å². The van der Waals surface area contributed by atoms with Gasteiger partial charge in [0.25, 0.3) is 0 Å². The molecule has 0 aromatic carbocycles. The highest BCUT2D eigenvalue weighted by atomic mass is 16.8. The fourth-order valence-electron chi connectivity index (χ4n) is 12.8. The largest absolute Gasteiger partial charge is 0.390 e. The Balaban J connectivity index is 1.04. The van der Waals surface area contributed by atoms with Crippen LogP contribution in [0.25, 0.3) is 0 Å². The smallest absolute Gasteiger partial charge is 0.173 e. The molecule has 7 heteroatoms. The van der Waals surface area contributed by atoms with E-state index >= 15 is 0 Å². The molecule has 40 heavy (non-hydrogen) atoms. The normalized spacial score (nSPS) is 59.7. The highest BCUT2D eigenvalue weighted by Gasteiger charge is 2.82. The number of aliphatic hydroxyl groups excluding tert-OH is 2. The zero-order valence-electron chi connectivity index (χ0n) is 25.2. The van der Waals surface area contributed by atoms with E-state index in [1.165, 1.54) is 44.9 Å². The van der Waals surface area contributed by atoms with Gasteiger partial charge in [-0.25, -0.2) is 0 Å². The standard InChI is InChI=1S/C33H52O7/c1-28(2)23-8-6-18-19-15-33-24(9-7-22(39-33)27(40-33)29(3,4)36)30(19,5)12-13-31(18)17-32(23,31)11-10-25(28)38-26-14-20(34)21(35)16-37-26/h18-27,34-36H,6-17H2,1-5H3/t18-,19?,20+,21?,22+,23?,24?,25-,26-,27-,30-,31-,32+,33?/m0/s1. The van der Waals surface area contributed by atoms with Gasteiger partial charge in [0.05, 0.1) is 30.5 Å². The highest BCUT2D eigenvalue weighted by Crippen LogP contribution is 2.87. The fourth-order valence-corrected chi connectivity index (χ4v) is 12.8. The minimum absolute atomic E-state index is 0.0190. The lowest BCUT2D eigenvalue weighted by Gasteiger charge is -2.59. The first kappa shape index (κ1) is 27.3. The van der Waals surface area contributed by atoms with Crippen molar-refractivity contribution in [1.29, 1.82) is 0 Å². The first-order chi connectivity index (χ1) is 18.8. The number of hydrogen-bond donors (Lipinski definition) is 3. The lowest BCUT2D eigenvalue weighted by Crippen LogP contribution is -2.56. The summed E-state index contributed by atoms with van der Waals surface area (Å²) in [6, 6.07) is 0. The van der Waals surface area contributed by atoms with E-state index in [0.717, 1.165) is 25.2 Å². The third kappa shape index (κ3) is 3.32. The van der Waals surface area contributed by atoms with E-state index in [-0.39, 0.29) is 35.7 Å². The molecule has 0 amide bonds. The lowest BCUT2D eigenvalue weighted by molar-refractivity contribution is -0.264. The van der Waals surface area contributed by atoms with Crippen LogP contribution in [0.5, 0.6) is 0 Å². The number of fused-ring (bicyclic) bond motifs is 4. The molecule has 3 spiro atoms. The molecule has 7 nitrogen and oxygen atoms in total. The van der Waals surface area contributed by atoms with Crippen LogP contribution in [0.4, 0.5) is 0 Å². The number of rotatable bonds is 3. The first-order valence-corrected chi connectivity index (χ1v) is 16.5. The molecule has 3 N–H and O–H groups in total. The van der Waals surface area contributed by atoms with Crippen LogP contribution in [-0.2, 0) is 18.9 Å². The third-order valence-electron chi connectivity index (χ3n) is 14.6. The Hall–Kier alpha value is -0.280. The monoisotopic (exact) mass is 560 g/mol. The second-order valence-corrected chi connectivity index (χ2v) is 17.0. The predicted molar refractivity (Wildman–Crippen MR) is 147 cm³/mol. The molecule has 0 aromatic rings. The maximum Gasteiger partial charge on any atom is 0.173 e. The quantitative estimate of drug-likeness (QED) is 0.436. The minimum atomic E-state index is -0.885. The van der Waals surface area contributed by atoms with Gasteiger partial charge in [-0.05, 0) is 111 Å². The van der Waals surface area contributed by atoms with Gasteiger partial charge < -0.3 is 34.3 Å². The predicted octanol–water partition coefficient (Wildman–Crippen LogP) is 4.54. The average molecular weight is 561 g/mol. The Bertz CT molecular complexity index is 1060. The van der Waals surface area contributed by atoms with Crippen LogP contribution in [0, 0.1) is 45.3 Å². The third-order valence-corrected chi connectivity index (χ3v) is 14.6. The maximum absolute atomic E-state index is 10.9. The molecule has 3 aliphatic heterocycles. The van der Waals surface area contributed by atoms with Crippen LogP contribution in [0.1, 0.15) is 105 Å². The van der Waals surface area contributed by atoms with Gasteiger partial charge in [0, 0.05) is 18.8 Å². The van der Waals surface area contributed by atoms with Crippen molar-refractivity contribution in [2.45, 2.75) is 153 Å². The maximum atomic E-state index is 10.9. The summed E-state index contributed by atoms with van der Waals surface area (Å²) in [5.74, 6) is 1.94. The Morgan fingerprint density at radius 2 is 1.60 bits per heavy atom. The van der Waals surface area contributed by atoms with Crippen LogP contribution < -0.4 is 0 Å². The summed E-state index contributed by atoms with van der Waals surface area (Å²) in [7, 11) is 0. The van der Waals surface area contributed by atoms with Gasteiger partial charge >= 0.3 is 0 Å². The van der Waals surface area contributed by atoms with E-state index in [1.54, 1.807) is 0 Å². The molecule has 3 saturated heterocycles. The Morgan fingerprint density at radius 3 is 2.35 bits per heavy atom. The summed E-state index contributed by atoms with van der Waals surface area (Å²) in [6.45, 7) is 11.3. The first-order valence-electron chi connectivity index (χ1n) is 16.5. The SMILES string of the molecule is CC(C)(O)[C@H]1OC23CC4[C@@H]5CCC6C(C)(C)[C@@H](O[C@H]7C[C@@H](O)C(O)CO7)CC[C@@]67C[C@@]57CC[C@]4(C)C2CC[C@H]1O3. The van der Waals surface area contributed by atoms with E-state index in [2.05, 4.69) is 20.8 Å². The van der Waals surface area contributed by atoms with Crippen LogP contribution in [0.15, 0.2) is 0 Å². The molecule has 5 unspecified atom stereocenters. The summed E-state index contributed by atoms with van der Waals surface area (Å²) in [4.78, 5) is 0. The van der Waals surface area contributed by atoms with Crippen molar-refractivity contribution in [1.82, 2.24) is 0 Å². The molecule has 2 bridgehead atoms. The van der Waals surface area contributed by atoms with Crippen molar-refractivity contribution in [3.8, 4) is 0 Å². The zero-order valence-corrected chi connectivity index (χ0v) is 25.2. The molecule has 8 rings (SSSR count). The molecule has 5 aliphatic carbocycles. The molecule has 0 aromatic heterocycles. The molecule has 8 fully saturated rings. The molecule has 3 heterocycles.